The van der Waals surface area contributed by atoms with Crippen LogP contribution in [-0.2, 0) is 0 Å². The van der Waals surface area contributed by atoms with Gasteiger partial charge < -0.3 is 0 Å². The van der Waals surface area contributed by atoms with Crippen molar-refractivity contribution in [1.82, 2.24) is 4.98 Å². The maximum atomic E-state index is 6.70. The van der Waals surface area contributed by atoms with E-state index in [4.69, 9.17) is 11.6 Å². The molecule has 0 amide bonds. The largest absolute Gasteiger partial charge is 0.261 e. The maximum absolute atomic E-state index is 6.70. The molecule has 2 aliphatic carbocycles. The molecule has 0 saturated heterocycles. The van der Waals surface area contributed by atoms with E-state index in [1.165, 1.54) is 25.7 Å². The van der Waals surface area contributed by atoms with E-state index in [1.54, 1.807) is 0 Å². The van der Waals surface area contributed by atoms with Gasteiger partial charge in [-0.2, -0.15) is 0 Å². The molecule has 2 fully saturated rings. The topological polar surface area (TPSA) is 12.9 Å². The second kappa shape index (κ2) is 4.61. The third-order valence-electron chi connectivity index (χ3n) is 4.72. The van der Waals surface area contributed by atoms with Crippen LogP contribution >= 0.6 is 11.6 Å². The molecule has 0 bridgehead atoms. The van der Waals surface area contributed by atoms with Crippen LogP contribution in [0.15, 0.2) is 24.4 Å². The molecule has 2 saturated carbocycles. The average molecular weight is 250 g/mol. The summed E-state index contributed by atoms with van der Waals surface area (Å²) in [7, 11) is 0. The van der Waals surface area contributed by atoms with Gasteiger partial charge in [-0.1, -0.05) is 25.8 Å². The molecular formula is C15H20ClN. The van der Waals surface area contributed by atoms with Gasteiger partial charge in [-0.15, -0.1) is 11.6 Å². The number of hydrogen-bond acceptors (Lipinski definition) is 1. The Morgan fingerprint density at radius 3 is 2.53 bits per heavy atom. The molecule has 2 heteroatoms. The quantitative estimate of drug-likeness (QED) is 0.731. The van der Waals surface area contributed by atoms with E-state index in [0.717, 1.165) is 23.4 Å². The van der Waals surface area contributed by atoms with Gasteiger partial charge in [0.05, 0.1) is 0 Å². The van der Waals surface area contributed by atoms with Gasteiger partial charge in [0.25, 0.3) is 0 Å². The van der Waals surface area contributed by atoms with Crippen molar-refractivity contribution in [2.45, 2.75) is 43.9 Å². The van der Waals surface area contributed by atoms with Crippen LogP contribution in [0.25, 0.3) is 0 Å². The highest BCUT2D eigenvalue weighted by molar-refractivity contribution is 6.21. The van der Waals surface area contributed by atoms with Crippen LogP contribution in [0, 0.1) is 17.8 Å². The highest BCUT2D eigenvalue weighted by atomic mass is 35.5. The van der Waals surface area contributed by atoms with Gasteiger partial charge in [0.1, 0.15) is 0 Å². The zero-order chi connectivity index (χ0) is 11.8. The molecule has 0 N–H and O–H groups in total. The molecule has 0 aliphatic heterocycles. The SMILES string of the molecule is CC(c1ccccn1)C(Cl)C1C2CCCCC21. The Kier molecular flexibility index (Phi) is 3.12. The van der Waals surface area contributed by atoms with Crippen LogP contribution in [0.2, 0.25) is 0 Å². The first-order valence-corrected chi connectivity index (χ1v) is 7.27. The summed E-state index contributed by atoms with van der Waals surface area (Å²) in [5, 5.41) is 0.276. The molecule has 0 spiro atoms. The lowest BCUT2D eigenvalue weighted by Crippen LogP contribution is -2.15. The summed E-state index contributed by atoms with van der Waals surface area (Å²) in [6.07, 6.45) is 7.52. The molecule has 0 radical (unpaired) electrons. The normalized spacial score (nSPS) is 34.8. The van der Waals surface area contributed by atoms with Crippen molar-refractivity contribution < 1.29 is 0 Å². The van der Waals surface area contributed by atoms with Crippen molar-refractivity contribution in [3.63, 3.8) is 0 Å². The summed E-state index contributed by atoms with van der Waals surface area (Å²) in [4.78, 5) is 4.44. The van der Waals surface area contributed by atoms with Gasteiger partial charge in [-0.05, 0) is 42.7 Å². The van der Waals surface area contributed by atoms with Crippen LogP contribution in [0.1, 0.15) is 44.2 Å². The van der Waals surface area contributed by atoms with Crippen molar-refractivity contribution in [1.29, 1.82) is 0 Å². The third-order valence-corrected chi connectivity index (χ3v) is 5.39. The smallest absolute Gasteiger partial charge is 0.0450 e. The van der Waals surface area contributed by atoms with Crippen LogP contribution < -0.4 is 0 Å². The van der Waals surface area contributed by atoms with Crippen molar-refractivity contribution in [3.8, 4) is 0 Å². The van der Waals surface area contributed by atoms with Gasteiger partial charge in [0.2, 0.25) is 0 Å². The summed E-state index contributed by atoms with van der Waals surface area (Å²) in [6, 6.07) is 6.13. The second-order valence-corrected chi connectivity index (χ2v) is 6.18. The number of rotatable bonds is 3. The molecule has 1 aromatic rings. The van der Waals surface area contributed by atoms with Crippen molar-refractivity contribution in [3.05, 3.63) is 30.1 Å². The monoisotopic (exact) mass is 249 g/mol. The predicted molar refractivity (Wildman–Crippen MR) is 71.2 cm³/mol. The molecule has 4 unspecified atom stereocenters. The Balaban J connectivity index is 1.69. The Morgan fingerprint density at radius 1 is 1.24 bits per heavy atom. The van der Waals surface area contributed by atoms with E-state index >= 15 is 0 Å². The van der Waals surface area contributed by atoms with Crippen molar-refractivity contribution >= 4 is 11.6 Å². The molecule has 1 nitrogen and oxygen atoms in total. The van der Waals surface area contributed by atoms with E-state index in [2.05, 4.69) is 24.0 Å². The van der Waals surface area contributed by atoms with Gasteiger partial charge >= 0.3 is 0 Å². The Labute approximate surface area is 109 Å². The summed E-state index contributed by atoms with van der Waals surface area (Å²) in [5.74, 6) is 3.00. The lowest BCUT2D eigenvalue weighted by atomic mass is 9.97. The molecule has 2 aliphatic rings. The van der Waals surface area contributed by atoms with Crippen LogP contribution in [0.3, 0.4) is 0 Å². The lowest BCUT2D eigenvalue weighted by Gasteiger charge is -2.17. The van der Waals surface area contributed by atoms with Crippen LogP contribution in [0.5, 0.6) is 0 Å². The number of halogens is 1. The predicted octanol–water partition coefficient (Wildman–Crippen LogP) is 4.23. The number of aromatic nitrogens is 1. The van der Waals surface area contributed by atoms with E-state index in [9.17, 15) is 0 Å². The molecule has 17 heavy (non-hydrogen) atoms. The number of hydrogen-bond donors (Lipinski definition) is 0. The lowest BCUT2D eigenvalue weighted by molar-refractivity contribution is 0.480. The zero-order valence-corrected chi connectivity index (χ0v) is 11.1. The average Bonchev–Trinajstić information content (AvgIpc) is 3.12. The molecule has 1 aromatic heterocycles. The minimum absolute atomic E-state index is 0.276. The summed E-state index contributed by atoms with van der Waals surface area (Å²) in [6.45, 7) is 2.23. The fourth-order valence-corrected chi connectivity index (χ4v) is 4.16. The van der Waals surface area contributed by atoms with E-state index in [1.807, 2.05) is 12.3 Å². The number of nitrogens with zero attached hydrogens (tertiary/aromatic N) is 1. The summed E-state index contributed by atoms with van der Waals surface area (Å²) < 4.78 is 0. The molecule has 4 atom stereocenters. The van der Waals surface area contributed by atoms with Gasteiger partial charge in [0.15, 0.2) is 0 Å². The molecule has 92 valence electrons. The highest BCUT2D eigenvalue weighted by Gasteiger charge is 2.54. The van der Waals surface area contributed by atoms with Crippen molar-refractivity contribution in [2.24, 2.45) is 17.8 Å². The first kappa shape index (κ1) is 11.5. The summed E-state index contributed by atoms with van der Waals surface area (Å²) in [5.41, 5.74) is 1.15. The number of pyridine rings is 1. The highest BCUT2D eigenvalue weighted by Crippen LogP contribution is 2.59. The molecule has 3 rings (SSSR count). The zero-order valence-electron chi connectivity index (χ0n) is 10.3. The van der Waals surface area contributed by atoms with Gasteiger partial charge in [-0.25, -0.2) is 0 Å². The van der Waals surface area contributed by atoms with E-state index in [-0.39, 0.29) is 5.38 Å². The first-order chi connectivity index (χ1) is 8.29. The molecular weight excluding hydrogens is 230 g/mol. The third kappa shape index (κ3) is 2.10. The second-order valence-electron chi connectivity index (χ2n) is 5.68. The minimum atomic E-state index is 0.276. The Morgan fingerprint density at radius 2 is 1.94 bits per heavy atom. The first-order valence-electron chi connectivity index (χ1n) is 6.84. The van der Waals surface area contributed by atoms with Crippen LogP contribution in [0.4, 0.5) is 0 Å². The fourth-order valence-electron chi connectivity index (χ4n) is 3.66. The molecule has 1 heterocycles. The van der Waals surface area contributed by atoms with Gasteiger partial charge in [-0.3, -0.25) is 4.98 Å². The van der Waals surface area contributed by atoms with E-state index < -0.39 is 0 Å². The van der Waals surface area contributed by atoms with Gasteiger partial charge in [0, 0.05) is 23.2 Å². The fraction of sp³-hybridized carbons (Fsp3) is 0.667. The van der Waals surface area contributed by atoms with Crippen molar-refractivity contribution in [2.75, 3.05) is 0 Å². The maximum Gasteiger partial charge on any atom is 0.0450 e. The Hall–Kier alpha value is -0.560. The van der Waals surface area contributed by atoms with E-state index in [0.29, 0.717) is 5.92 Å². The number of alkyl halides is 1. The van der Waals surface area contributed by atoms with Crippen LogP contribution in [-0.4, -0.2) is 10.4 Å². The molecule has 0 aromatic carbocycles. The Bertz CT molecular complexity index is 366. The standard InChI is InChI=1S/C15H20ClN/c1-10(13-8-4-5-9-17-13)15(16)14-11-6-2-3-7-12(11)14/h4-5,8-12,14-15H,2-3,6-7H2,1H3. The minimum Gasteiger partial charge on any atom is -0.261 e. The summed E-state index contributed by atoms with van der Waals surface area (Å²) >= 11 is 6.70. The number of fused-ring (bicyclic) bond motifs is 1.